The molecule has 0 saturated heterocycles. The smallest absolute Gasteiger partial charge is 0.140 e. The summed E-state index contributed by atoms with van der Waals surface area (Å²) < 4.78 is 5.96. The molecule has 0 bridgehead atoms. The zero-order valence-electron chi connectivity index (χ0n) is 13.3. The predicted molar refractivity (Wildman–Crippen MR) is 88.9 cm³/mol. The summed E-state index contributed by atoms with van der Waals surface area (Å²) in [7, 11) is 0. The van der Waals surface area contributed by atoms with Crippen LogP contribution in [-0.2, 0) is 13.2 Å². The van der Waals surface area contributed by atoms with Crippen molar-refractivity contribution in [1.29, 1.82) is 0 Å². The van der Waals surface area contributed by atoms with Crippen molar-refractivity contribution in [3.8, 4) is 5.75 Å². The lowest BCUT2D eigenvalue weighted by molar-refractivity contribution is 0.301. The second kappa shape index (κ2) is 7.57. The van der Waals surface area contributed by atoms with Crippen LogP contribution in [0.5, 0.6) is 5.75 Å². The molecule has 0 spiro atoms. The average molecular weight is 304 g/mol. The van der Waals surface area contributed by atoms with E-state index in [4.69, 9.17) is 4.74 Å². The van der Waals surface area contributed by atoms with Crippen LogP contribution in [-0.4, -0.2) is 11.5 Å². The molecule has 2 rings (SSSR count). The van der Waals surface area contributed by atoms with Crippen LogP contribution < -0.4 is 10.1 Å². The van der Waals surface area contributed by atoms with E-state index in [0.717, 1.165) is 29.5 Å². The van der Waals surface area contributed by atoms with E-state index in [-0.39, 0.29) is 0 Å². The molecule has 1 N–H and O–H groups in total. The third kappa shape index (κ3) is 5.14. The van der Waals surface area contributed by atoms with E-state index in [0.29, 0.717) is 12.5 Å². The van der Waals surface area contributed by atoms with Crippen LogP contribution >= 0.6 is 11.3 Å². The Morgan fingerprint density at radius 3 is 2.76 bits per heavy atom. The first kappa shape index (κ1) is 16.0. The molecule has 1 heterocycles. The highest BCUT2D eigenvalue weighted by Gasteiger charge is 2.06. The quantitative estimate of drug-likeness (QED) is 0.837. The van der Waals surface area contributed by atoms with Gasteiger partial charge in [0.2, 0.25) is 0 Å². The van der Waals surface area contributed by atoms with Gasteiger partial charge in [-0.25, -0.2) is 4.98 Å². The fourth-order valence-electron chi connectivity index (χ4n) is 2.09. The number of benzene rings is 1. The van der Waals surface area contributed by atoms with Crippen molar-refractivity contribution < 1.29 is 4.74 Å². The molecule has 114 valence electrons. The van der Waals surface area contributed by atoms with Gasteiger partial charge in [0.15, 0.2) is 0 Å². The minimum atomic E-state index is 0.540. The first-order chi connectivity index (χ1) is 10.0. The summed E-state index contributed by atoms with van der Waals surface area (Å²) in [4.78, 5) is 4.44. The maximum atomic E-state index is 5.96. The molecule has 1 aromatic heterocycles. The molecule has 0 aliphatic carbocycles. The minimum Gasteiger partial charge on any atom is -0.486 e. The van der Waals surface area contributed by atoms with Crippen molar-refractivity contribution in [3.63, 3.8) is 0 Å². The Labute approximate surface area is 131 Å². The maximum absolute atomic E-state index is 5.96. The summed E-state index contributed by atoms with van der Waals surface area (Å²) in [5.41, 5.74) is 3.53. The zero-order valence-corrected chi connectivity index (χ0v) is 14.1. The molecular weight excluding hydrogens is 280 g/mol. The van der Waals surface area contributed by atoms with Gasteiger partial charge < -0.3 is 10.1 Å². The minimum absolute atomic E-state index is 0.540. The maximum Gasteiger partial charge on any atom is 0.140 e. The van der Waals surface area contributed by atoms with E-state index in [2.05, 4.69) is 54.7 Å². The molecule has 0 atom stereocenters. The lowest BCUT2D eigenvalue weighted by Crippen LogP contribution is -2.19. The van der Waals surface area contributed by atoms with Gasteiger partial charge in [-0.05, 0) is 32.4 Å². The third-order valence-corrected chi connectivity index (χ3v) is 4.04. The van der Waals surface area contributed by atoms with Crippen LogP contribution in [0.25, 0.3) is 0 Å². The first-order valence-electron chi connectivity index (χ1n) is 7.38. The monoisotopic (exact) mass is 304 g/mol. The van der Waals surface area contributed by atoms with Crippen LogP contribution in [0.4, 0.5) is 0 Å². The molecule has 3 nitrogen and oxygen atoms in total. The average Bonchev–Trinajstić information content (AvgIpc) is 2.83. The summed E-state index contributed by atoms with van der Waals surface area (Å²) in [5, 5.41) is 6.55. The molecular formula is C17H24N2OS. The van der Waals surface area contributed by atoms with E-state index in [1.54, 1.807) is 11.3 Å². The number of nitrogens with one attached hydrogen (secondary N) is 1. The van der Waals surface area contributed by atoms with Crippen LogP contribution in [0, 0.1) is 19.8 Å². The third-order valence-electron chi connectivity index (χ3n) is 3.10. The van der Waals surface area contributed by atoms with Crippen LogP contribution in [0.2, 0.25) is 0 Å². The van der Waals surface area contributed by atoms with Gasteiger partial charge in [0.25, 0.3) is 0 Å². The van der Waals surface area contributed by atoms with Crippen molar-refractivity contribution in [2.45, 2.75) is 40.8 Å². The number of rotatable bonds is 7. The number of thiazole rings is 1. The molecule has 4 heteroatoms. The Balaban J connectivity index is 2.00. The molecule has 0 unspecified atom stereocenters. The van der Waals surface area contributed by atoms with Crippen LogP contribution in [0.15, 0.2) is 23.6 Å². The highest BCUT2D eigenvalue weighted by atomic mass is 32.1. The van der Waals surface area contributed by atoms with Crippen molar-refractivity contribution in [2.75, 3.05) is 6.54 Å². The van der Waals surface area contributed by atoms with E-state index < -0.39 is 0 Å². The normalized spacial score (nSPS) is 11.1. The summed E-state index contributed by atoms with van der Waals surface area (Å²) >= 11 is 1.65. The molecule has 2 aromatic rings. The Morgan fingerprint density at radius 2 is 2.10 bits per heavy atom. The predicted octanol–water partition coefficient (Wildman–Crippen LogP) is 4.08. The van der Waals surface area contributed by atoms with Gasteiger partial charge in [0, 0.05) is 23.2 Å². The second-order valence-corrected chi connectivity index (χ2v) is 6.75. The van der Waals surface area contributed by atoms with Crippen molar-refractivity contribution in [1.82, 2.24) is 10.3 Å². The van der Waals surface area contributed by atoms with Gasteiger partial charge in [-0.2, -0.15) is 0 Å². The molecule has 21 heavy (non-hydrogen) atoms. The van der Waals surface area contributed by atoms with Gasteiger partial charge in [0.1, 0.15) is 17.4 Å². The number of aryl methyl sites for hydroxylation is 2. The van der Waals surface area contributed by atoms with Gasteiger partial charge in [0.05, 0.1) is 0 Å². The van der Waals surface area contributed by atoms with Gasteiger partial charge in [-0.15, -0.1) is 11.3 Å². The molecule has 0 radical (unpaired) electrons. The number of aromatic nitrogens is 1. The molecule has 0 saturated carbocycles. The van der Waals surface area contributed by atoms with Crippen molar-refractivity contribution >= 4 is 11.3 Å². The second-order valence-electron chi connectivity index (χ2n) is 5.81. The Hall–Kier alpha value is -1.39. The zero-order chi connectivity index (χ0) is 15.2. The van der Waals surface area contributed by atoms with E-state index in [1.165, 1.54) is 11.1 Å². The van der Waals surface area contributed by atoms with Gasteiger partial charge in [-0.1, -0.05) is 31.5 Å². The lowest BCUT2D eigenvalue weighted by atomic mass is 10.1. The Morgan fingerprint density at radius 1 is 1.29 bits per heavy atom. The van der Waals surface area contributed by atoms with Crippen LogP contribution in [0.1, 0.15) is 35.7 Å². The molecule has 0 fully saturated rings. The number of hydrogen-bond acceptors (Lipinski definition) is 4. The standard InChI is InChI=1S/C17H24N2OS/c1-12(2)8-18-9-15-7-13(3)5-6-16(15)20-10-17-19-14(4)11-21-17/h5-7,11-12,18H,8-10H2,1-4H3. The molecule has 0 aliphatic heterocycles. The van der Waals surface area contributed by atoms with E-state index in [9.17, 15) is 0 Å². The molecule has 1 aromatic carbocycles. The number of nitrogens with zero attached hydrogens (tertiary/aromatic N) is 1. The summed E-state index contributed by atoms with van der Waals surface area (Å²) in [6.07, 6.45) is 0. The Bertz CT molecular complexity index is 578. The Kier molecular flexibility index (Phi) is 5.76. The highest BCUT2D eigenvalue weighted by molar-refractivity contribution is 7.09. The van der Waals surface area contributed by atoms with E-state index in [1.807, 2.05) is 6.92 Å². The summed E-state index contributed by atoms with van der Waals surface area (Å²) in [5.74, 6) is 1.60. The first-order valence-corrected chi connectivity index (χ1v) is 8.26. The summed E-state index contributed by atoms with van der Waals surface area (Å²) in [6.45, 7) is 10.9. The summed E-state index contributed by atoms with van der Waals surface area (Å²) in [6, 6.07) is 6.34. The van der Waals surface area contributed by atoms with Crippen molar-refractivity contribution in [2.24, 2.45) is 5.92 Å². The van der Waals surface area contributed by atoms with E-state index >= 15 is 0 Å². The SMILES string of the molecule is Cc1ccc(OCc2nc(C)cs2)c(CNCC(C)C)c1. The fraction of sp³-hybridized carbons (Fsp3) is 0.471. The highest BCUT2D eigenvalue weighted by Crippen LogP contribution is 2.22. The fourth-order valence-corrected chi connectivity index (χ4v) is 2.77. The topological polar surface area (TPSA) is 34.1 Å². The number of hydrogen-bond donors (Lipinski definition) is 1. The molecule has 0 amide bonds. The number of ether oxygens (including phenoxy) is 1. The van der Waals surface area contributed by atoms with Crippen molar-refractivity contribution in [3.05, 3.63) is 45.4 Å². The molecule has 0 aliphatic rings. The van der Waals surface area contributed by atoms with Crippen LogP contribution in [0.3, 0.4) is 0 Å². The van der Waals surface area contributed by atoms with Gasteiger partial charge in [-0.3, -0.25) is 0 Å². The largest absolute Gasteiger partial charge is 0.486 e. The lowest BCUT2D eigenvalue weighted by Gasteiger charge is -2.13. The van der Waals surface area contributed by atoms with Gasteiger partial charge >= 0.3 is 0 Å².